The molecule has 7 heteroatoms. The summed E-state index contributed by atoms with van der Waals surface area (Å²) >= 11 is 7.31. The number of hydrogen-bond acceptors (Lipinski definition) is 4. The Bertz CT molecular complexity index is 856. The molecule has 0 saturated heterocycles. The minimum Gasteiger partial charge on any atom is -0.351 e. The van der Waals surface area contributed by atoms with Crippen molar-refractivity contribution in [2.75, 3.05) is 0 Å². The fourth-order valence-corrected chi connectivity index (χ4v) is 3.58. The van der Waals surface area contributed by atoms with Crippen LogP contribution in [-0.2, 0) is 4.79 Å². The van der Waals surface area contributed by atoms with Crippen LogP contribution >= 0.6 is 23.4 Å². The lowest BCUT2D eigenvalue weighted by Gasteiger charge is -2.24. The third kappa shape index (κ3) is 4.76. The first-order chi connectivity index (χ1) is 11.5. The van der Waals surface area contributed by atoms with Crippen LogP contribution in [0, 0.1) is 0 Å². The largest absolute Gasteiger partial charge is 0.351 e. The fourth-order valence-electron chi connectivity index (χ4n) is 2.37. The van der Waals surface area contributed by atoms with Crippen LogP contribution in [0.3, 0.4) is 0 Å². The molecule has 0 spiro atoms. The Morgan fingerprint density at radius 1 is 1.28 bits per heavy atom. The van der Waals surface area contributed by atoms with Crippen LogP contribution in [0.2, 0.25) is 5.02 Å². The van der Waals surface area contributed by atoms with E-state index in [0.717, 1.165) is 0 Å². The second-order valence-electron chi connectivity index (χ2n) is 7.32. The molecule has 2 rings (SSSR count). The average Bonchev–Trinajstić information content (AvgIpc) is 2.44. The Morgan fingerprint density at radius 3 is 2.48 bits per heavy atom. The maximum atomic E-state index is 12.8. The summed E-state index contributed by atoms with van der Waals surface area (Å²) in [4.78, 5) is 29.8. The summed E-state index contributed by atoms with van der Waals surface area (Å²) in [7, 11) is 0. The lowest BCUT2D eigenvalue weighted by atomic mass is 10.1. The van der Waals surface area contributed by atoms with Gasteiger partial charge in [0.1, 0.15) is 0 Å². The number of fused-ring (bicyclic) bond motifs is 1. The Hall–Kier alpha value is -1.53. The van der Waals surface area contributed by atoms with Crippen molar-refractivity contribution >= 4 is 40.2 Å². The number of carbonyl (C=O) groups excluding carboxylic acids is 1. The molecule has 1 atom stereocenters. The van der Waals surface area contributed by atoms with Gasteiger partial charge in [-0.2, -0.15) is 0 Å². The van der Waals surface area contributed by atoms with Crippen molar-refractivity contribution in [2.45, 2.75) is 63.5 Å². The van der Waals surface area contributed by atoms with Gasteiger partial charge in [-0.3, -0.25) is 14.2 Å². The quantitative estimate of drug-likeness (QED) is 0.641. The lowest BCUT2D eigenvalue weighted by molar-refractivity contribution is -0.121. The molecule has 136 valence electrons. The molecular formula is C18H24ClN3O2S. The smallest absolute Gasteiger partial charge is 0.262 e. The number of thioether (sulfide) groups is 1. The number of hydrogen-bond donors (Lipinski definition) is 1. The standard InChI is InChI=1S/C18H24ClN3O2S/c1-10(2)22-16(24)13-8-7-12(19)9-14(13)20-17(22)25-11(3)15(23)21-18(4,5)6/h7-11H,1-6H3,(H,21,23)/t11-/m1/s1. The van der Waals surface area contributed by atoms with Gasteiger partial charge in [0.05, 0.1) is 16.2 Å². The van der Waals surface area contributed by atoms with E-state index in [1.165, 1.54) is 11.8 Å². The van der Waals surface area contributed by atoms with E-state index in [4.69, 9.17) is 11.6 Å². The number of halogens is 1. The van der Waals surface area contributed by atoms with Crippen LogP contribution in [0.15, 0.2) is 28.2 Å². The molecule has 0 fully saturated rings. The zero-order valence-corrected chi connectivity index (χ0v) is 17.0. The van der Waals surface area contributed by atoms with E-state index in [-0.39, 0.29) is 28.3 Å². The first-order valence-corrected chi connectivity index (χ1v) is 9.46. The molecule has 0 saturated carbocycles. The van der Waals surface area contributed by atoms with Crippen LogP contribution in [0.1, 0.15) is 47.6 Å². The summed E-state index contributed by atoms with van der Waals surface area (Å²) in [6, 6.07) is 4.98. The summed E-state index contributed by atoms with van der Waals surface area (Å²) in [6.45, 7) is 11.5. The summed E-state index contributed by atoms with van der Waals surface area (Å²) in [5, 5.41) is 4.14. The highest BCUT2D eigenvalue weighted by molar-refractivity contribution is 8.00. The number of nitrogens with zero attached hydrogens (tertiary/aromatic N) is 2. The first kappa shape index (κ1) is 19.8. The highest BCUT2D eigenvalue weighted by atomic mass is 35.5. The van der Waals surface area contributed by atoms with Crippen molar-refractivity contribution in [2.24, 2.45) is 0 Å². The van der Waals surface area contributed by atoms with Crippen molar-refractivity contribution in [1.29, 1.82) is 0 Å². The van der Waals surface area contributed by atoms with E-state index in [1.807, 2.05) is 41.5 Å². The first-order valence-electron chi connectivity index (χ1n) is 8.20. The average molecular weight is 382 g/mol. The van der Waals surface area contributed by atoms with Gasteiger partial charge in [-0.1, -0.05) is 23.4 Å². The highest BCUT2D eigenvalue weighted by Gasteiger charge is 2.23. The van der Waals surface area contributed by atoms with Crippen molar-refractivity contribution in [3.8, 4) is 0 Å². The van der Waals surface area contributed by atoms with Gasteiger partial charge in [-0.25, -0.2) is 4.98 Å². The van der Waals surface area contributed by atoms with Gasteiger partial charge >= 0.3 is 0 Å². The molecule has 0 aliphatic heterocycles. The van der Waals surface area contributed by atoms with Gasteiger partial charge in [0.25, 0.3) is 5.56 Å². The van der Waals surface area contributed by atoms with Crippen LogP contribution < -0.4 is 10.9 Å². The van der Waals surface area contributed by atoms with E-state index >= 15 is 0 Å². The number of benzene rings is 1. The molecule has 2 aromatic rings. The third-order valence-electron chi connectivity index (χ3n) is 3.50. The predicted octanol–water partition coefficient (Wildman–Crippen LogP) is 4.03. The van der Waals surface area contributed by atoms with E-state index < -0.39 is 0 Å². The number of nitrogens with one attached hydrogen (secondary N) is 1. The van der Waals surface area contributed by atoms with Gasteiger partial charge in [-0.05, 0) is 59.7 Å². The molecule has 1 amide bonds. The van der Waals surface area contributed by atoms with Crippen LogP contribution in [0.4, 0.5) is 0 Å². The maximum Gasteiger partial charge on any atom is 0.262 e. The van der Waals surface area contributed by atoms with Gasteiger partial charge in [-0.15, -0.1) is 0 Å². The molecule has 25 heavy (non-hydrogen) atoms. The van der Waals surface area contributed by atoms with Crippen molar-refractivity contribution in [3.05, 3.63) is 33.6 Å². The molecule has 1 aromatic heterocycles. The summed E-state index contributed by atoms with van der Waals surface area (Å²) in [6.07, 6.45) is 0. The van der Waals surface area contributed by atoms with Gasteiger partial charge in [0, 0.05) is 16.6 Å². The Labute approximate surface area is 157 Å². The van der Waals surface area contributed by atoms with Crippen molar-refractivity contribution < 1.29 is 4.79 Å². The second-order valence-corrected chi connectivity index (χ2v) is 9.07. The molecule has 0 aliphatic rings. The molecule has 0 radical (unpaired) electrons. The maximum absolute atomic E-state index is 12.8. The molecule has 1 N–H and O–H groups in total. The lowest BCUT2D eigenvalue weighted by Crippen LogP contribution is -2.44. The molecule has 5 nitrogen and oxygen atoms in total. The number of amides is 1. The van der Waals surface area contributed by atoms with Crippen molar-refractivity contribution in [1.82, 2.24) is 14.9 Å². The molecule has 1 aromatic carbocycles. The van der Waals surface area contributed by atoms with Gasteiger partial charge < -0.3 is 5.32 Å². The monoisotopic (exact) mass is 381 g/mol. The van der Waals surface area contributed by atoms with E-state index in [2.05, 4.69) is 10.3 Å². The minimum absolute atomic E-state index is 0.0690. The number of carbonyl (C=O) groups is 1. The van der Waals surface area contributed by atoms with Crippen molar-refractivity contribution in [3.63, 3.8) is 0 Å². The Morgan fingerprint density at radius 2 is 1.92 bits per heavy atom. The SMILES string of the molecule is CC(C)n1c(S[C@H](C)C(=O)NC(C)(C)C)nc2cc(Cl)ccc2c1=O. The molecule has 1 heterocycles. The van der Waals surface area contributed by atoms with Crippen LogP contribution in [-0.4, -0.2) is 26.2 Å². The molecular weight excluding hydrogens is 358 g/mol. The predicted molar refractivity (Wildman–Crippen MR) is 105 cm³/mol. The number of aromatic nitrogens is 2. The van der Waals surface area contributed by atoms with Gasteiger partial charge in [0.2, 0.25) is 5.91 Å². The molecule has 0 aliphatic carbocycles. The van der Waals surface area contributed by atoms with Gasteiger partial charge in [0.15, 0.2) is 5.16 Å². The molecule has 0 unspecified atom stereocenters. The Kier molecular flexibility index (Phi) is 5.84. The minimum atomic E-state index is -0.382. The summed E-state index contributed by atoms with van der Waals surface area (Å²) in [5.74, 6) is -0.0896. The number of rotatable bonds is 4. The zero-order chi connectivity index (χ0) is 18.9. The normalized spacial score (nSPS) is 13.3. The van der Waals surface area contributed by atoms with Crippen LogP contribution in [0.5, 0.6) is 0 Å². The zero-order valence-electron chi connectivity index (χ0n) is 15.4. The van der Waals surface area contributed by atoms with E-state index in [9.17, 15) is 9.59 Å². The second kappa shape index (κ2) is 7.38. The summed E-state index contributed by atoms with van der Waals surface area (Å²) in [5.41, 5.74) is 0.108. The highest BCUT2D eigenvalue weighted by Crippen LogP contribution is 2.26. The topological polar surface area (TPSA) is 64.0 Å². The third-order valence-corrected chi connectivity index (χ3v) is 4.80. The van der Waals surface area contributed by atoms with E-state index in [1.54, 1.807) is 22.8 Å². The Balaban J connectivity index is 2.47. The van der Waals surface area contributed by atoms with E-state index in [0.29, 0.717) is 21.1 Å². The fraction of sp³-hybridized carbons (Fsp3) is 0.500. The van der Waals surface area contributed by atoms with Crippen LogP contribution in [0.25, 0.3) is 10.9 Å². The molecule has 0 bridgehead atoms. The summed E-state index contributed by atoms with van der Waals surface area (Å²) < 4.78 is 1.63.